The van der Waals surface area contributed by atoms with E-state index in [-0.39, 0.29) is 0 Å². The summed E-state index contributed by atoms with van der Waals surface area (Å²) in [5, 5.41) is 15.4. The minimum absolute atomic E-state index is 1.14. The molecule has 278 valence electrons. The number of para-hydroxylation sites is 3. The van der Waals surface area contributed by atoms with Gasteiger partial charge in [0.25, 0.3) is 0 Å². The van der Waals surface area contributed by atoms with Crippen LogP contribution in [0.2, 0.25) is 0 Å². The van der Waals surface area contributed by atoms with Crippen LogP contribution in [-0.4, -0.2) is 9.13 Å². The molecule has 0 aliphatic heterocycles. The number of hydrogen-bond acceptors (Lipinski definition) is 0. The summed E-state index contributed by atoms with van der Waals surface area (Å²) < 4.78 is 4.82. The third-order valence-electron chi connectivity index (χ3n) is 12.9. The quantitative estimate of drug-likeness (QED) is 0.158. The van der Waals surface area contributed by atoms with Gasteiger partial charge in [-0.1, -0.05) is 158 Å². The van der Waals surface area contributed by atoms with E-state index < -0.39 is 0 Å². The van der Waals surface area contributed by atoms with E-state index in [9.17, 15) is 0 Å². The Morgan fingerprint density at radius 3 is 1.35 bits per heavy atom. The van der Waals surface area contributed by atoms with E-state index >= 15 is 0 Å². The molecule has 0 atom stereocenters. The van der Waals surface area contributed by atoms with Gasteiger partial charge >= 0.3 is 0 Å². The molecule has 60 heavy (non-hydrogen) atoms. The molecule has 11 aromatic carbocycles. The van der Waals surface area contributed by atoms with Crippen molar-refractivity contribution in [3.8, 4) is 33.6 Å². The maximum Gasteiger partial charge on any atom is 0.0547 e. The number of benzene rings is 11. The third-order valence-corrected chi connectivity index (χ3v) is 12.9. The second kappa shape index (κ2) is 12.8. The Kier molecular flexibility index (Phi) is 7.05. The van der Waals surface area contributed by atoms with E-state index in [0.717, 1.165) is 5.69 Å². The van der Waals surface area contributed by atoms with Gasteiger partial charge in [-0.2, -0.15) is 0 Å². The van der Waals surface area contributed by atoms with Crippen LogP contribution in [0.3, 0.4) is 0 Å². The van der Waals surface area contributed by atoms with Gasteiger partial charge in [0.05, 0.1) is 22.1 Å². The second-order valence-corrected chi connectivity index (χ2v) is 16.0. The molecule has 2 heterocycles. The van der Waals surface area contributed by atoms with Crippen LogP contribution in [0.15, 0.2) is 218 Å². The molecule has 0 N–H and O–H groups in total. The Morgan fingerprint density at radius 2 is 0.650 bits per heavy atom. The monoisotopic (exact) mass is 760 g/mol. The van der Waals surface area contributed by atoms with Gasteiger partial charge in [-0.05, 0) is 126 Å². The van der Waals surface area contributed by atoms with Crippen LogP contribution in [0.5, 0.6) is 0 Å². The van der Waals surface area contributed by atoms with Crippen molar-refractivity contribution in [3.05, 3.63) is 218 Å². The molecule has 0 bridgehead atoms. The maximum absolute atomic E-state index is 2.44. The summed E-state index contributed by atoms with van der Waals surface area (Å²) in [4.78, 5) is 0. The first-order valence-electron chi connectivity index (χ1n) is 20.8. The van der Waals surface area contributed by atoms with Crippen LogP contribution in [0.1, 0.15) is 0 Å². The highest BCUT2D eigenvalue weighted by atomic mass is 15.0. The highest BCUT2D eigenvalue weighted by molar-refractivity contribution is 6.33. The molecular formula is C58H36N2. The van der Waals surface area contributed by atoms with Crippen molar-refractivity contribution in [1.82, 2.24) is 9.13 Å². The molecule has 0 saturated heterocycles. The van der Waals surface area contributed by atoms with E-state index in [1.54, 1.807) is 0 Å². The Hall–Kier alpha value is -7.94. The molecule has 2 heteroatoms. The fourth-order valence-electron chi connectivity index (χ4n) is 10.2. The van der Waals surface area contributed by atoms with Gasteiger partial charge in [0.15, 0.2) is 0 Å². The molecule has 0 amide bonds. The lowest BCUT2D eigenvalue weighted by molar-refractivity contribution is 1.18. The minimum Gasteiger partial charge on any atom is -0.309 e. The highest BCUT2D eigenvalue weighted by Gasteiger charge is 2.18. The molecule has 0 fully saturated rings. The summed E-state index contributed by atoms with van der Waals surface area (Å²) in [6.07, 6.45) is 0. The van der Waals surface area contributed by atoms with Crippen molar-refractivity contribution in [1.29, 1.82) is 0 Å². The van der Waals surface area contributed by atoms with Gasteiger partial charge in [0, 0.05) is 32.9 Å². The van der Waals surface area contributed by atoms with Crippen molar-refractivity contribution in [2.24, 2.45) is 0 Å². The molecular weight excluding hydrogens is 725 g/mol. The van der Waals surface area contributed by atoms with Crippen molar-refractivity contribution < 1.29 is 0 Å². The summed E-state index contributed by atoms with van der Waals surface area (Å²) in [6.45, 7) is 0. The first-order chi connectivity index (χ1) is 29.8. The van der Waals surface area contributed by atoms with Gasteiger partial charge in [0.1, 0.15) is 0 Å². The van der Waals surface area contributed by atoms with E-state index in [1.807, 2.05) is 0 Å². The normalized spacial score (nSPS) is 12.0. The van der Waals surface area contributed by atoms with E-state index in [0.29, 0.717) is 0 Å². The van der Waals surface area contributed by atoms with Crippen molar-refractivity contribution in [2.75, 3.05) is 0 Å². The van der Waals surface area contributed by atoms with Crippen LogP contribution >= 0.6 is 0 Å². The molecule has 2 nitrogen and oxygen atoms in total. The number of nitrogens with zero attached hydrogens (tertiary/aromatic N) is 2. The Bertz CT molecular complexity index is 3870. The number of hydrogen-bond donors (Lipinski definition) is 0. The van der Waals surface area contributed by atoms with Crippen molar-refractivity contribution >= 4 is 86.7 Å². The summed E-state index contributed by atoms with van der Waals surface area (Å²) in [5.74, 6) is 0. The zero-order valence-corrected chi connectivity index (χ0v) is 32.7. The lowest BCUT2D eigenvalue weighted by Gasteiger charge is -2.16. The fraction of sp³-hybridized carbons (Fsp3) is 0. The average Bonchev–Trinajstić information content (AvgIpc) is 3.84. The maximum atomic E-state index is 2.44. The Labute approximate surface area is 346 Å². The molecule has 13 rings (SSSR count). The van der Waals surface area contributed by atoms with Crippen molar-refractivity contribution in [3.63, 3.8) is 0 Å². The first kappa shape index (κ1) is 33.1. The SMILES string of the molecule is c1ccc(-n2c3ccccc3c3cc(-c4ccc5c6ccccc6n(-c6ccc(-c7cc8c9ccccc9c9ccccc9c8c8ccccc78)cc6)c5c4)ccc32)cc1. The van der Waals surface area contributed by atoms with Gasteiger partial charge in [-0.3, -0.25) is 0 Å². The van der Waals surface area contributed by atoms with E-state index in [4.69, 9.17) is 0 Å². The highest BCUT2D eigenvalue weighted by Crippen LogP contribution is 2.44. The summed E-state index contributed by atoms with van der Waals surface area (Å²) >= 11 is 0. The average molecular weight is 761 g/mol. The standard InChI is InChI=1S/C58H36N2/c1-2-14-40(15-3-1)59-55-25-13-11-21-47(55)52-34-38(29-33-56(52)59)39-28-32-48-46-20-10-12-24-54(46)60(57(48)35-39)41-30-26-37(27-31-41)51-36-53-44-18-5-4-16-42(44)43-17-6-8-22-49(43)58(53)50-23-9-7-19-45(50)51/h1-36H. The van der Waals surface area contributed by atoms with Crippen LogP contribution in [-0.2, 0) is 0 Å². The first-order valence-corrected chi connectivity index (χ1v) is 20.8. The predicted molar refractivity (Wildman–Crippen MR) is 256 cm³/mol. The molecule has 0 spiro atoms. The summed E-state index contributed by atoms with van der Waals surface area (Å²) in [5.41, 5.74) is 12.0. The fourth-order valence-corrected chi connectivity index (χ4v) is 10.2. The van der Waals surface area contributed by atoms with Gasteiger partial charge < -0.3 is 9.13 Å². The Morgan fingerprint density at radius 1 is 0.217 bits per heavy atom. The van der Waals surface area contributed by atoms with Gasteiger partial charge in [0.2, 0.25) is 0 Å². The molecule has 0 unspecified atom stereocenters. The largest absolute Gasteiger partial charge is 0.309 e. The lowest BCUT2D eigenvalue weighted by atomic mass is 9.87. The lowest BCUT2D eigenvalue weighted by Crippen LogP contribution is -1.94. The number of aromatic nitrogens is 2. The van der Waals surface area contributed by atoms with Crippen LogP contribution < -0.4 is 0 Å². The molecule has 13 aromatic rings. The second-order valence-electron chi connectivity index (χ2n) is 16.0. The molecule has 2 aromatic heterocycles. The molecule has 0 aliphatic rings. The number of fused-ring (bicyclic) bond motifs is 14. The third kappa shape index (κ3) is 4.76. The van der Waals surface area contributed by atoms with Crippen molar-refractivity contribution in [2.45, 2.75) is 0 Å². The molecule has 0 radical (unpaired) electrons. The molecule has 0 aliphatic carbocycles. The molecule has 0 saturated carbocycles. The summed E-state index contributed by atoms with van der Waals surface area (Å²) in [7, 11) is 0. The summed E-state index contributed by atoms with van der Waals surface area (Å²) in [6, 6.07) is 80.5. The van der Waals surface area contributed by atoms with Gasteiger partial charge in [-0.15, -0.1) is 0 Å². The Balaban J connectivity index is 0.978. The zero-order valence-electron chi connectivity index (χ0n) is 32.7. The van der Waals surface area contributed by atoms with Gasteiger partial charge in [-0.25, -0.2) is 0 Å². The van der Waals surface area contributed by atoms with E-state index in [1.165, 1.54) is 115 Å². The number of rotatable bonds is 4. The predicted octanol–water partition coefficient (Wildman–Crippen LogP) is 15.8. The van der Waals surface area contributed by atoms with Crippen LogP contribution in [0.25, 0.3) is 120 Å². The van der Waals surface area contributed by atoms with E-state index in [2.05, 4.69) is 228 Å². The smallest absolute Gasteiger partial charge is 0.0547 e. The van der Waals surface area contributed by atoms with Crippen LogP contribution in [0, 0.1) is 0 Å². The topological polar surface area (TPSA) is 9.86 Å². The zero-order chi connectivity index (χ0) is 39.3. The van der Waals surface area contributed by atoms with Crippen LogP contribution in [0.4, 0.5) is 0 Å². The minimum atomic E-state index is 1.14.